The minimum Gasteiger partial charge on any atom is -0.453 e. The number of allylic oxidation sites excluding steroid dienone is 4. The van der Waals surface area contributed by atoms with Gasteiger partial charge < -0.3 is 4.74 Å². The van der Waals surface area contributed by atoms with Gasteiger partial charge in [0.15, 0.2) is 5.78 Å². The van der Waals surface area contributed by atoms with Crippen LogP contribution in [0, 0.1) is 17.3 Å². The molecule has 3 atom stereocenters. The van der Waals surface area contributed by atoms with Crippen LogP contribution in [0.3, 0.4) is 0 Å². The number of esters is 1. The van der Waals surface area contributed by atoms with Gasteiger partial charge in [-0.15, -0.1) is 0 Å². The summed E-state index contributed by atoms with van der Waals surface area (Å²) in [5.74, 6) is -0.313. The van der Waals surface area contributed by atoms with Crippen molar-refractivity contribution in [3.63, 3.8) is 0 Å². The Kier molecular flexibility index (Phi) is 5.69. The average Bonchev–Trinajstić information content (AvgIpc) is 2.95. The minimum atomic E-state index is -0.471. The fourth-order valence-electron chi connectivity index (χ4n) is 4.52. The highest BCUT2D eigenvalue weighted by Crippen LogP contribution is 2.42. The number of ketones is 1. The Labute approximate surface area is 162 Å². The largest absolute Gasteiger partial charge is 0.453 e. The molecular formula is C24H30O3. The van der Waals surface area contributed by atoms with E-state index < -0.39 is 6.10 Å². The van der Waals surface area contributed by atoms with Gasteiger partial charge in [-0.05, 0) is 43.7 Å². The molecule has 1 heterocycles. The molecule has 0 radical (unpaired) electrons. The molecule has 144 valence electrons. The Morgan fingerprint density at radius 1 is 1.33 bits per heavy atom. The number of cyclic esters (lactones) is 1. The van der Waals surface area contributed by atoms with E-state index in [-0.39, 0.29) is 29.0 Å². The molecule has 0 fully saturated rings. The molecule has 27 heavy (non-hydrogen) atoms. The summed E-state index contributed by atoms with van der Waals surface area (Å²) in [4.78, 5) is 25.3. The van der Waals surface area contributed by atoms with Crippen LogP contribution in [0.25, 0.3) is 0 Å². The number of fused-ring (bicyclic) bond motifs is 1. The number of carbonyl (C=O) groups excluding carboxylic acids is 2. The quantitative estimate of drug-likeness (QED) is 0.362. The third-order valence-electron chi connectivity index (χ3n) is 6.09. The first-order chi connectivity index (χ1) is 12.8. The summed E-state index contributed by atoms with van der Waals surface area (Å²) in [5, 5.41) is 0. The van der Waals surface area contributed by atoms with Gasteiger partial charge in [0.05, 0.1) is 11.5 Å². The maximum atomic E-state index is 13.1. The molecule has 0 spiro atoms. The molecule has 0 N–H and O–H groups in total. The van der Waals surface area contributed by atoms with E-state index in [1.165, 1.54) is 5.57 Å². The second kappa shape index (κ2) is 7.84. The van der Waals surface area contributed by atoms with Crippen LogP contribution in [-0.4, -0.2) is 11.8 Å². The Morgan fingerprint density at radius 3 is 2.78 bits per heavy atom. The molecule has 3 heteroatoms. The Balaban J connectivity index is 1.84. The SMILES string of the molecule is CCCC(C(=O)/C=C/C1C(C)=CCCC1(C)C)C1OC(=O)c2ccccc21. The lowest BCUT2D eigenvalue weighted by atomic mass is 9.68. The van der Waals surface area contributed by atoms with Crippen molar-refractivity contribution in [3.8, 4) is 0 Å². The monoisotopic (exact) mass is 366 g/mol. The lowest BCUT2D eigenvalue weighted by Gasteiger charge is -2.36. The highest BCUT2D eigenvalue weighted by atomic mass is 16.5. The maximum absolute atomic E-state index is 13.1. The van der Waals surface area contributed by atoms with Crippen molar-refractivity contribution in [2.24, 2.45) is 17.3 Å². The van der Waals surface area contributed by atoms with Gasteiger partial charge >= 0.3 is 5.97 Å². The molecule has 0 amide bonds. The minimum absolute atomic E-state index is 0.0560. The summed E-state index contributed by atoms with van der Waals surface area (Å²) >= 11 is 0. The normalized spacial score (nSPS) is 25.0. The van der Waals surface area contributed by atoms with Crippen molar-refractivity contribution in [2.75, 3.05) is 0 Å². The molecule has 0 saturated carbocycles. The van der Waals surface area contributed by atoms with Crippen molar-refractivity contribution in [1.29, 1.82) is 0 Å². The van der Waals surface area contributed by atoms with E-state index in [0.717, 1.165) is 24.8 Å². The van der Waals surface area contributed by atoms with E-state index in [0.29, 0.717) is 12.0 Å². The number of benzene rings is 1. The molecule has 0 bridgehead atoms. The van der Waals surface area contributed by atoms with E-state index in [1.807, 2.05) is 18.2 Å². The molecule has 0 aromatic heterocycles. The summed E-state index contributed by atoms with van der Waals surface area (Å²) in [6.07, 6.45) is 9.42. The summed E-state index contributed by atoms with van der Waals surface area (Å²) in [6, 6.07) is 7.41. The van der Waals surface area contributed by atoms with Gasteiger partial charge in [-0.1, -0.05) is 63.1 Å². The van der Waals surface area contributed by atoms with Gasteiger partial charge in [-0.25, -0.2) is 4.79 Å². The summed E-state index contributed by atoms with van der Waals surface area (Å²) in [7, 11) is 0. The molecule has 3 nitrogen and oxygen atoms in total. The molecule has 2 aliphatic rings. The van der Waals surface area contributed by atoms with Gasteiger partial charge in [-0.2, -0.15) is 0 Å². The Morgan fingerprint density at radius 2 is 2.07 bits per heavy atom. The van der Waals surface area contributed by atoms with Crippen molar-refractivity contribution in [1.82, 2.24) is 0 Å². The van der Waals surface area contributed by atoms with E-state index in [4.69, 9.17) is 4.74 Å². The molecule has 3 unspecified atom stereocenters. The number of hydrogen-bond donors (Lipinski definition) is 0. The third-order valence-corrected chi connectivity index (χ3v) is 6.09. The van der Waals surface area contributed by atoms with Crippen LogP contribution in [0.1, 0.15) is 75.4 Å². The van der Waals surface area contributed by atoms with Gasteiger partial charge in [0.1, 0.15) is 6.10 Å². The maximum Gasteiger partial charge on any atom is 0.339 e. The van der Waals surface area contributed by atoms with E-state index in [9.17, 15) is 9.59 Å². The van der Waals surface area contributed by atoms with Crippen LogP contribution in [0.15, 0.2) is 48.1 Å². The van der Waals surface area contributed by atoms with E-state index in [2.05, 4.69) is 39.8 Å². The van der Waals surface area contributed by atoms with E-state index in [1.54, 1.807) is 12.1 Å². The number of rotatable bonds is 6. The zero-order valence-electron chi connectivity index (χ0n) is 16.8. The summed E-state index contributed by atoms with van der Waals surface area (Å²) in [6.45, 7) is 8.74. The molecule has 1 aromatic rings. The second-order valence-corrected chi connectivity index (χ2v) is 8.52. The Hall–Kier alpha value is -2.16. The smallest absolute Gasteiger partial charge is 0.339 e. The van der Waals surface area contributed by atoms with Crippen LogP contribution in [0.4, 0.5) is 0 Å². The zero-order valence-corrected chi connectivity index (χ0v) is 16.8. The van der Waals surface area contributed by atoms with Crippen molar-refractivity contribution in [3.05, 3.63) is 59.2 Å². The van der Waals surface area contributed by atoms with Gasteiger partial charge in [0, 0.05) is 11.5 Å². The first-order valence-corrected chi connectivity index (χ1v) is 10.0. The highest BCUT2D eigenvalue weighted by Gasteiger charge is 2.39. The second-order valence-electron chi connectivity index (χ2n) is 8.52. The molecule has 1 aromatic carbocycles. The predicted octanol–water partition coefficient (Wildman–Crippen LogP) is 5.82. The number of carbonyl (C=O) groups is 2. The van der Waals surface area contributed by atoms with Crippen LogP contribution in [0.2, 0.25) is 0 Å². The third kappa shape index (κ3) is 3.92. The molecule has 1 aliphatic heterocycles. The van der Waals surface area contributed by atoms with Gasteiger partial charge in [0.2, 0.25) is 0 Å². The van der Waals surface area contributed by atoms with Crippen molar-refractivity contribution < 1.29 is 14.3 Å². The highest BCUT2D eigenvalue weighted by molar-refractivity contribution is 5.97. The van der Waals surface area contributed by atoms with Crippen LogP contribution >= 0.6 is 0 Å². The fraction of sp³-hybridized carbons (Fsp3) is 0.500. The lowest BCUT2D eigenvalue weighted by molar-refractivity contribution is -0.122. The summed E-state index contributed by atoms with van der Waals surface area (Å²) in [5.41, 5.74) is 2.92. The zero-order chi connectivity index (χ0) is 19.6. The standard InChI is InChI=1S/C24H30O3/c1-5-9-19(22-17-11-6-7-12-18(17)23(26)27-22)21(25)14-13-20-16(2)10-8-15-24(20,3)4/h6-7,10-14,19-20,22H,5,8-9,15H2,1-4H3/b14-13+. The fourth-order valence-corrected chi connectivity index (χ4v) is 4.52. The van der Waals surface area contributed by atoms with Crippen LogP contribution < -0.4 is 0 Å². The Bertz CT molecular complexity index is 785. The number of ether oxygens (including phenoxy) is 1. The van der Waals surface area contributed by atoms with Crippen LogP contribution in [-0.2, 0) is 9.53 Å². The van der Waals surface area contributed by atoms with Crippen molar-refractivity contribution in [2.45, 2.75) is 59.5 Å². The predicted molar refractivity (Wildman–Crippen MR) is 107 cm³/mol. The molecule has 3 rings (SSSR count). The average molecular weight is 367 g/mol. The van der Waals surface area contributed by atoms with Gasteiger partial charge in [-0.3, -0.25) is 4.79 Å². The molecular weight excluding hydrogens is 336 g/mol. The van der Waals surface area contributed by atoms with Crippen molar-refractivity contribution >= 4 is 11.8 Å². The first-order valence-electron chi connectivity index (χ1n) is 10.0. The summed E-state index contributed by atoms with van der Waals surface area (Å²) < 4.78 is 5.62. The molecule has 1 aliphatic carbocycles. The topological polar surface area (TPSA) is 43.4 Å². The first kappa shape index (κ1) is 19.6. The van der Waals surface area contributed by atoms with E-state index >= 15 is 0 Å². The lowest BCUT2D eigenvalue weighted by Crippen LogP contribution is -2.27. The van der Waals surface area contributed by atoms with Gasteiger partial charge in [0.25, 0.3) is 0 Å². The molecule has 0 saturated heterocycles. The number of hydrogen-bond acceptors (Lipinski definition) is 3. The van der Waals surface area contributed by atoms with Crippen LogP contribution in [0.5, 0.6) is 0 Å².